The summed E-state index contributed by atoms with van der Waals surface area (Å²) in [6.45, 7) is 4.86. The number of amides is 1. The van der Waals surface area contributed by atoms with Gasteiger partial charge in [-0.05, 0) is 19.4 Å². The van der Waals surface area contributed by atoms with Crippen molar-refractivity contribution in [2.45, 2.75) is 33.2 Å². The SMILES string of the molecule is CCC(CN)CC(=O)N(C)Cc1n[nH]c(C)n1. The highest BCUT2D eigenvalue weighted by Crippen LogP contribution is 2.09. The number of hydrogen-bond donors (Lipinski definition) is 2. The highest BCUT2D eigenvalue weighted by molar-refractivity contribution is 5.76. The zero-order valence-corrected chi connectivity index (χ0v) is 10.7. The van der Waals surface area contributed by atoms with Crippen molar-refractivity contribution in [3.63, 3.8) is 0 Å². The number of H-pyrrole nitrogens is 1. The van der Waals surface area contributed by atoms with E-state index >= 15 is 0 Å². The summed E-state index contributed by atoms with van der Waals surface area (Å²) in [6.07, 6.45) is 1.42. The fourth-order valence-electron chi connectivity index (χ4n) is 1.56. The zero-order chi connectivity index (χ0) is 12.8. The Morgan fingerprint density at radius 1 is 1.59 bits per heavy atom. The molecule has 0 fully saturated rings. The molecule has 3 N–H and O–H groups in total. The Morgan fingerprint density at radius 3 is 2.76 bits per heavy atom. The van der Waals surface area contributed by atoms with Crippen molar-refractivity contribution in [2.24, 2.45) is 11.7 Å². The highest BCUT2D eigenvalue weighted by atomic mass is 16.2. The normalized spacial score (nSPS) is 12.5. The highest BCUT2D eigenvalue weighted by Gasteiger charge is 2.15. The van der Waals surface area contributed by atoms with Gasteiger partial charge in [0.1, 0.15) is 5.82 Å². The molecule has 0 spiro atoms. The van der Waals surface area contributed by atoms with Crippen molar-refractivity contribution in [2.75, 3.05) is 13.6 Å². The van der Waals surface area contributed by atoms with Crippen LogP contribution in [0, 0.1) is 12.8 Å². The van der Waals surface area contributed by atoms with Crippen molar-refractivity contribution in [1.29, 1.82) is 0 Å². The third-order valence-corrected chi connectivity index (χ3v) is 2.82. The zero-order valence-electron chi connectivity index (χ0n) is 10.7. The number of nitrogens with zero attached hydrogens (tertiary/aromatic N) is 3. The van der Waals surface area contributed by atoms with Gasteiger partial charge in [0.05, 0.1) is 6.54 Å². The molecular weight excluding hydrogens is 218 g/mol. The molecule has 1 unspecified atom stereocenters. The number of hydrogen-bond acceptors (Lipinski definition) is 4. The lowest BCUT2D eigenvalue weighted by Crippen LogP contribution is -2.30. The van der Waals surface area contributed by atoms with Crippen molar-refractivity contribution in [3.05, 3.63) is 11.6 Å². The van der Waals surface area contributed by atoms with E-state index in [9.17, 15) is 4.79 Å². The summed E-state index contributed by atoms with van der Waals surface area (Å²) in [5.74, 6) is 1.75. The molecule has 0 saturated heterocycles. The molecule has 0 saturated carbocycles. The number of carbonyl (C=O) groups excluding carboxylic acids is 1. The van der Waals surface area contributed by atoms with Crippen LogP contribution in [0.4, 0.5) is 0 Å². The summed E-state index contributed by atoms with van der Waals surface area (Å²) in [4.78, 5) is 17.7. The van der Waals surface area contributed by atoms with E-state index in [0.717, 1.165) is 12.2 Å². The predicted molar refractivity (Wildman–Crippen MR) is 65.0 cm³/mol. The van der Waals surface area contributed by atoms with E-state index in [1.807, 2.05) is 13.8 Å². The molecule has 1 atom stereocenters. The van der Waals surface area contributed by atoms with Gasteiger partial charge < -0.3 is 10.6 Å². The molecule has 0 radical (unpaired) electrons. The minimum Gasteiger partial charge on any atom is -0.338 e. The molecule has 17 heavy (non-hydrogen) atoms. The van der Waals surface area contributed by atoms with Crippen LogP contribution in [0.5, 0.6) is 0 Å². The topological polar surface area (TPSA) is 87.9 Å². The summed E-state index contributed by atoms with van der Waals surface area (Å²) in [6, 6.07) is 0. The van der Waals surface area contributed by atoms with Crippen LogP contribution < -0.4 is 5.73 Å². The molecule has 0 aliphatic heterocycles. The summed E-state index contributed by atoms with van der Waals surface area (Å²) in [5, 5.41) is 6.76. The van der Waals surface area contributed by atoms with Gasteiger partial charge in [-0.2, -0.15) is 5.10 Å². The van der Waals surface area contributed by atoms with E-state index in [-0.39, 0.29) is 11.8 Å². The Hall–Kier alpha value is -1.43. The Kier molecular flexibility index (Phi) is 5.09. The molecule has 1 aromatic rings. The van der Waals surface area contributed by atoms with Gasteiger partial charge in [-0.3, -0.25) is 9.89 Å². The number of nitrogens with one attached hydrogen (secondary N) is 1. The van der Waals surface area contributed by atoms with E-state index in [1.165, 1.54) is 0 Å². The summed E-state index contributed by atoms with van der Waals surface area (Å²) in [7, 11) is 1.76. The van der Waals surface area contributed by atoms with Crippen molar-refractivity contribution < 1.29 is 4.79 Å². The molecule has 0 aliphatic carbocycles. The monoisotopic (exact) mass is 239 g/mol. The first-order valence-corrected chi connectivity index (χ1v) is 5.88. The molecule has 6 heteroatoms. The summed E-state index contributed by atoms with van der Waals surface area (Å²) >= 11 is 0. The van der Waals surface area contributed by atoms with Gasteiger partial charge in [0.25, 0.3) is 0 Å². The van der Waals surface area contributed by atoms with Crippen LogP contribution in [0.2, 0.25) is 0 Å². The average Bonchev–Trinajstić information content (AvgIpc) is 2.71. The van der Waals surface area contributed by atoms with Crippen molar-refractivity contribution in [3.8, 4) is 0 Å². The lowest BCUT2D eigenvalue weighted by molar-refractivity contribution is -0.131. The van der Waals surface area contributed by atoms with Gasteiger partial charge in [0.15, 0.2) is 5.82 Å². The predicted octanol–water partition coefficient (Wildman–Crippen LogP) is 0.447. The van der Waals surface area contributed by atoms with E-state index < -0.39 is 0 Å². The fraction of sp³-hybridized carbons (Fsp3) is 0.727. The molecule has 1 amide bonds. The van der Waals surface area contributed by atoms with E-state index in [1.54, 1.807) is 11.9 Å². The van der Waals surface area contributed by atoms with Gasteiger partial charge in [-0.25, -0.2) is 4.98 Å². The van der Waals surface area contributed by atoms with Gasteiger partial charge in [-0.1, -0.05) is 13.3 Å². The maximum atomic E-state index is 11.9. The van der Waals surface area contributed by atoms with Gasteiger partial charge in [0.2, 0.25) is 5.91 Å². The molecule has 1 rings (SSSR count). The molecule has 1 heterocycles. The van der Waals surface area contributed by atoms with E-state index in [0.29, 0.717) is 25.3 Å². The number of rotatable bonds is 6. The third-order valence-electron chi connectivity index (χ3n) is 2.82. The van der Waals surface area contributed by atoms with Crippen LogP contribution in [0.1, 0.15) is 31.4 Å². The number of nitrogens with two attached hydrogens (primary N) is 1. The maximum Gasteiger partial charge on any atom is 0.223 e. The molecule has 0 aliphatic rings. The first-order chi connectivity index (χ1) is 8.06. The standard InChI is InChI=1S/C11H21N5O/c1-4-9(6-12)5-11(17)16(3)7-10-13-8(2)14-15-10/h9H,4-7,12H2,1-3H3,(H,13,14,15). The number of aryl methyl sites for hydroxylation is 1. The quantitative estimate of drug-likeness (QED) is 0.754. The maximum absolute atomic E-state index is 11.9. The Morgan fingerprint density at radius 2 is 2.29 bits per heavy atom. The van der Waals surface area contributed by atoms with Gasteiger partial charge >= 0.3 is 0 Å². The van der Waals surface area contributed by atoms with Gasteiger partial charge in [-0.15, -0.1) is 0 Å². The molecule has 6 nitrogen and oxygen atoms in total. The molecule has 0 bridgehead atoms. The molecular formula is C11H21N5O. The average molecular weight is 239 g/mol. The largest absolute Gasteiger partial charge is 0.338 e. The second-order valence-electron chi connectivity index (χ2n) is 4.30. The fourth-order valence-corrected chi connectivity index (χ4v) is 1.56. The number of aromatic nitrogens is 3. The van der Waals surface area contributed by atoms with Crippen molar-refractivity contribution in [1.82, 2.24) is 20.1 Å². The van der Waals surface area contributed by atoms with E-state index in [4.69, 9.17) is 5.73 Å². The number of carbonyl (C=O) groups is 1. The Bertz CT molecular complexity index is 358. The summed E-state index contributed by atoms with van der Waals surface area (Å²) in [5.41, 5.74) is 5.59. The van der Waals surface area contributed by atoms with Crippen LogP contribution in [0.15, 0.2) is 0 Å². The molecule has 0 aromatic carbocycles. The van der Waals surface area contributed by atoms with E-state index in [2.05, 4.69) is 15.2 Å². The second-order valence-corrected chi connectivity index (χ2v) is 4.30. The Labute approximate surface area is 102 Å². The number of aromatic amines is 1. The lowest BCUT2D eigenvalue weighted by atomic mass is 10.0. The minimum absolute atomic E-state index is 0.0877. The Balaban J connectivity index is 2.46. The summed E-state index contributed by atoms with van der Waals surface area (Å²) < 4.78 is 0. The first-order valence-electron chi connectivity index (χ1n) is 5.88. The van der Waals surface area contributed by atoms with Crippen LogP contribution >= 0.6 is 0 Å². The molecule has 96 valence electrons. The smallest absolute Gasteiger partial charge is 0.223 e. The van der Waals surface area contributed by atoms with Crippen molar-refractivity contribution >= 4 is 5.91 Å². The van der Waals surface area contributed by atoms with Gasteiger partial charge in [0, 0.05) is 13.5 Å². The van der Waals surface area contributed by atoms with Crippen LogP contribution in [0.25, 0.3) is 0 Å². The van der Waals surface area contributed by atoms with Crippen LogP contribution in [0.3, 0.4) is 0 Å². The van der Waals surface area contributed by atoms with Crippen LogP contribution in [-0.4, -0.2) is 39.6 Å². The first kappa shape index (κ1) is 13.6. The second kappa shape index (κ2) is 6.34. The third kappa shape index (κ3) is 4.14. The molecule has 1 aromatic heterocycles. The van der Waals surface area contributed by atoms with Crippen LogP contribution in [-0.2, 0) is 11.3 Å². The lowest BCUT2D eigenvalue weighted by Gasteiger charge is -2.18. The minimum atomic E-state index is 0.0877.